The zero-order valence-corrected chi connectivity index (χ0v) is 16.3. The van der Waals surface area contributed by atoms with Gasteiger partial charge in [-0.3, -0.25) is 4.79 Å². The summed E-state index contributed by atoms with van der Waals surface area (Å²) in [6.07, 6.45) is 2.25. The molecular formula is C20H21ClN2O3S. The monoisotopic (exact) mass is 404 g/mol. The number of benzene rings is 2. The molecule has 3 saturated heterocycles. The Morgan fingerprint density at radius 1 is 1.04 bits per heavy atom. The number of carbonyl (C=O) groups is 1. The molecular weight excluding hydrogens is 384 g/mol. The van der Waals surface area contributed by atoms with Gasteiger partial charge in [0, 0.05) is 23.2 Å². The lowest BCUT2D eigenvalue weighted by molar-refractivity contribution is 0.0620. The third kappa shape index (κ3) is 3.74. The zero-order valence-electron chi connectivity index (χ0n) is 14.8. The number of amides is 1. The van der Waals surface area contributed by atoms with Gasteiger partial charge < -0.3 is 10.2 Å². The third-order valence-corrected chi connectivity index (χ3v) is 7.51. The van der Waals surface area contributed by atoms with Crippen molar-refractivity contribution in [3.63, 3.8) is 0 Å². The molecule has 0 radical (unpaired) electrons. The molecule has 3 heterocycles. The molecule has 1 amide bonds. The number of hydrogen-bond acceptors (Lipinski definition) is 4. The first-order valence-corrected chi connectivity index (χ1v) is 10.9. The van der Waals surface area contributed by atoms with Crippen LogP contribution in [0.1, 0.15) is 23.2 Å². The lowest BCUT2D eigenvalue weighted by Gasteiger charge is -2.44. The van der Waals surface area contributed by atoms with E-state index in [9.17, 15) is 13.2 Å². The van der Waals surface area contributed by atoms with E-state index in [0.717, 1.165) is 32.5 Å². The van der Waals surface area contributed by atoms with Crippen molar-refractivity contribution in [2.24, 2.45) is 5.92 Å². The number of halogens is 1. The first-order chi connectivity index (χ1) is 12.9. The van der Waals surface area contributed by atoms with Crippen molar-refractivity contribution >= 4 is 27.3 Å². The lowest BCUT2D eigenvalue weighted by atomic mass is 9.84. The molecule has 5 rings (SSSR count). The van der Waals surface area contributed by atoms with Crippen LogP contribution in [0, 0.1) is 5.92 Å². The summed E-state index contributed by atoms with van der Waals surface area (Å²) in [5, 5.41) is 3.48. The van der Waals surface area contributed by atoms with Crippen molar-refractivity contribution in [2.75, 3.05) is 19.6 Å². The molecule has 7 heteroatoms. The predicted octanol–water partition coefficient (Wildman–Crippen LogP) is 3.00. The summed E-state index contributed by atoms with van der Waals surface area (Å²) < 4.78 is 25.4. The largest absolute Gasteiger partial charge is 0.348 e. The van der Waals surface area contributed by atoms with Gasteiger partial charge in [-0.15, -0.1) is 0 Å². The van der Waals surface area contributed by atoms with Crippen LogP contribution < -0.4 is 5.32 Å². The Labute approximate surface area is 164 Å². The molecule has 142 valence electrons. The van der Waals surface area contributed by atoms with Gasteiger partial charge in [0.1, 0.15) is 0 Å². The topological polar surface area (TPSA) is 66.5 Å². The highest BCUT2D eigenvalue weighted by Gasteiger charge is 2.35. The SMILES string of the molecule is O=C(NC1CN2CCC1CC2)c1ccc(S(=O)(=O)c2cccc(Cl)c2)cc1. The Bertz CT molecular complexity index is 951. The van der Waals surface area contributed by atoms with Crippen LogP contribution in [0.2, 0.25) is 5.02 Å². The fourth-order valence-electron chi connectivity index (χ4n) is 3.94. The van der Waals surface area contributed by atoms with Crippen molar-refractivity contribution in [1.29, 1.82) is 0 Å². The highest BCUT2D eigenvalue weighted by Crippen LogP contribution is 2.28. The number of nitrogens with zero attached hydrogens (tertiary/aromatic N) is 1. The van der Waals surface area contributed by atoms with Gasteiger partial charge in [0.25, 0.3) is 5.91 Å². The Balaban J connectivity index is 1.49. The zero-order chi connectivity index (χ0) is 19.0. The van der Waals surface area contributed by atoms with Gasteiger partial charge in [0.2, 0.25) is 9.84 Å². The number of piperidine rings is 3. The number of carbonyl (C=O) groups excluding carboxylic acids is 1. The first-order valence-electron chi connectivity index (χ1n) is 9.07. The average Bonchev–Trinajstić information content (AvgIpc) is 2.69. The first kappa shape index (κ1) is 18.5. The number of hydrogen-bond donors (Lipinski definition) is 1. The minimum Gasteiger partial charge on any atom is -0.348 e. The summed E-state index contributed by atoms with van der Waals surface area (Å²) in [5.41, 5.74) is 0.469. The summed E-state index contributed by atoms with van der Waals surface area (Å²) in [7, 11) is -3.66. The standard InChI is InChI=1S/C20H21ClN2O3S/c21-16-2-1-3-18(12-16)27(25,26)17-6-4-15(5-7-17)20(24)22-19-13-23-10-8-14(19)9-11-23/h1-7,12,14,19H,8-11,13H2,(H,22,24). The summed E-state index contributed by atoms with van der Waals surface area (Å²) >= 11 is 5.90. The highest BCUT2D eigenvalue weighted by atomic mass is 35.5. The average molecular weight is 405 g/mol. The predicted molar refractivity (Wildman–Crippen MR) is 104 cm³/mol. The second-order valence-electron chi connectivity index (χ2n) is 7.20. The van der Waals surface area contributed by atoms with Crippen LogP contribution in [0.4, 0.5) is 0 Å². The van der Waals surface area contributed by atoms with Gasteiger partial charge in [-0.2, -0.15) is 0 Å². The number of fused-ring (bicyclic) bond motifs is 3. The molecule has 0 saturated carbocycles. The lowest BCUT2D eigenvalue weighted by Crippen LogP contribution is -2.57. The van der Waals surface area contributed by atoms with Crippen LogP contribution in [0.25, 0.3) is 0 Å². The van der Waals surface area contributed by atoms with Crippen LogP contribution in [0.5, 0.6) is 0 Å². The van der Waals surface area contributed by atoms with Gasteiger partial charge >= 0.3 is 0 Å². The Hall–Kier alpha value is -1.89. The van der Waals surface area contributed by atoms with Crippen molar-refractivity contribution in [2.45, 2.75) is 28.7 Å². The molecule has 0 spiro atoms. The van der Waals surface area contributed by atoms with E-state index >= 15 is 0 Å². The molecule has 3 aliphatic heterocycles. The van der Waals surface area contributed by atoms with Gasteiger partial charge in [0.15, 0.2) is 0 Å². The Morgan fingerprint density at radius 3 is 2.33 bits per heavy atom. The third-order valence-electron chi connectivity index (χ3n) is 5.51. The molecule has 3 aliphatic rings. The van der Waals surface area contributed by atoms with Crippen molar-refractivity contribution in [3.05, 3.63) is 59.1 Å². The number of nitrogens with one attached hydrogen (secondary N) is 1. The highest BCUT2D eigenvalue weighted by molar-refractivity contribution is 7.91. The van der Waals surface area contributed by atoms with Crippen LogP contribution in [0.3, 0.4) is 0 Å². The van der Waals surface area contributed by atoms with Gasteiger partial charge in [-0.25, -0.2) is 8.42 Å². The van der Waals surface area contributed by atoms with Gasteiger partial charge in [-0.05, 0) is 74.3 Å². The molecule has 1 N–H and O–H groups in total. The molecule has 2 aromatic rings. The van der Waals surface area contributed by atoms with Crippen molar-refractivity contribution < 1.29 is 13.2 Å². The molecule has 1 atom stereocenters. The molecule has 5 nitrogen and oxygen atoms in total. The maximum atomic E-state index is 12.7. The Morgan fingerprint density at radius 2 is 1.74 bits per heavy atom. The number of sulfone groups is 1. The van der Waals surface area contributed by atoms with E-state index in [1.165, 1.54) is 24.3 Å². The molecule has 2 bridgehead atoms. The summed E-state index contributed by atoms with van der Waals surface area (Å²) in [6, 6.07) is 12.4. The maximum absolute atomic E-state index is 12.7. The smallest absolute Gasteiger partial charge is 0.251 e. The second kappa shape index (κ2) is 7.26. The number of rotatable bonds is 4. The van der Waals surface area contributed by atoms with Crippen molar-refractivity contribution in [1.82, 2.24) is 10.2 Å². The molecule has 27 heavy (non-hydrogen) atoms. The van der Waals surface area contributed by atoms with E-state index in [1.54, 1.807) is 24.3 Å². The van der Waals surface area contributed by atoms with E-state index in [4.69, 9.17) is 11.6 Å². The van der Waals surface area contributed by atoms with Gasteiger partial charge in [0.05, 0.1) is 9.79 Å². The Kier molecular flexibility index (Phi) is 4.97. The molecule has 0 aromatic heterocycles. The minimum absolute atomic E-state index is 0.138. The molecule has 1 unspecified atom stereocenters. The molecule has 2 aromatic carbocycles. The maximum Gasteiger partial charge on any atom is 0.251 e. The van der Waals surface area contributed by atoms with E-state index in [-0.39, 0.29) is 21.7 Å². The van der Waals surface area contributed by atoms with Crippen LogP contribution in [-0.4, -0.2) is 44.9 Å². The van der Waals surface area contributed by atoms with Crippen molar-refractivity contribution in [3.8, 4) is 0 Å². The fraction of sp³-hybridized carbons (Fsp3) is 0.350. The van der Waals surface area contributed by atoms with Crippen LogP contribution in [-0.2, 0) is 9.84 Å². The second-order valence-corrected chi connectivity index (χ2v) is 9.59. The van der Waals surface area contributed by atoms with Gasteiger partial charge in [-0.1, -0.05) is 17.7 Å². The normalized spacial score (nSPS) is 24.6. The fourth-order valence-corrected chi connectivity index (χ4v) is 5.50. The van der Waals surface area contributed by atoms with Crippen LogP contribution in [0.15, 0.2) is 58.3 Å². The van der Waals surface area contributed by atoms with E-state index in [2.05, 4.69) is 10.2 Å². The van der Waals surface area contributed by atoms with E-state index in [1.807, 2.05) is 0 Å². The molecule has 3 fully saturated rings. The minimum atomic E-state index is -3.66. The quantitative estimate of drug-likeness (QED) is 0.850. The summed E-state index contributed by atoms with van der Waals surface area (Å²) in [6.45, 7) is 3.14. The van der Waals surface area contributed by atoms with E-state index < -0.39 is 9.84 Å². The van der Waals surface area contributed by atoms with Crippen LogP contribution >= 0.6 is 11.6 Å². The van der Waals surface area contributed by atoms with E-state index in [0.29, 0.717) is 16.5 Å². The molecule has 0 aliphatic carbocycles. The summed E-state index contributed by atoms with van der Waals surface area (Å²) in [5.74, 6) is 0.391. The summed E-state index contributed by atoms with van der Waals surface area (Å²) in [4.78, 5) is 15.2.